The van der Waals surface area contributed by atoms with Gasteiger partial charge in [-0.15, -0.1) is 0 Å². The van der Waals surface area contributed by atoms with Crippen LogP contribution in [0.4, 0.5) is 4.39 Å². The first-order chi connectivity index (χ1) is 17.8. The Morgan fingerprint density at radius 1 is 1.03 bits per heavy atom. The first-order valence-corrected chi connectivity index (χ1v) is 14.7. The van der Waals surface area contributed by atoms with Crippen molar-refractivity contribution in [3.05, 3.63) is 77.2 Å². The van der Waals surface area contributed by atoms with Crippen LogP contribution < -0.4 is 9.47 Å². The van der Waals surface area contributed by atoms with Gasteiger partial charge in [-0.1, -0.05) is 52.9 Å². The summed E-state index contributed by atoms with van der Waals surface area (Å²) in [7, 11) is 1.54. The molecule has 1 unspecified atom stereocenters. The molecule has 0 N–H and O–H groups in total. The van der Waals surface area contributed by atoms with Gasteiger partial charge in [-0.3, -0.25) is 4.90 Å². The average molecular weight is 617 g/mol. The Hall–Kier alpha value is -2.19. The van der Waals surface area contributed by atoms with Gasteiger partial charge < -0.3 is 9.47 Å². The number of benzene rings is 2. The van der Waals surface area contributed by atoms with Gasteiger partial charge in [0, 0.05) is 34.7 Å². The fourth-order valence-corrected chi connectivity index (χ4v) is 6.24. The summed E-state index contributed by atoms with van der Waals surface area (Å²) in [5.41, 5.74) is 4.92. The van der Waals surface area contributed by atoms with E-state index in [9.17, 15) is 4.39 Å². The Morgan fingerprint density at radius 3 is 2.43 bits per heavy atom. The second-order valence-electron chi connectivity index (χ2n) is 10.5. The first kappa shape index (κ1) is 27.8. The number of alkyl halides is 1. The molecule has 0 amide bonds. The van der Waals surface area contributed by atoms with Crippen molar-refractivity contribution in [3.63, 3.8) is 0 Å². The summed E-state index contributed by atoms with van der Waals surface area (Å²) in [5, 5.41) is 0. The van der Waals surface area contributed by atoms with Gasteiger partial charge in [0.25, 0.3) is 0 Å². The zero-order valence-corrected chi connectivity index (χ0v) is 24.7. The molecule has 0 saturated heterocycles. The highest BCUT2D eigenvalue weighted by Gasteiger charge is 2.31. The molecule has 1 aromatic heterocycles. The van der Waals surface area contributed by atoms with E-state index in [4.69, 9.17) is 9.47 Å². The van der Waals surface area contributed by atoms with Crippen LogP contribution in [0, 0.1) is 11.7 Å². The van der Waals surface area contributed by atoms with Crippen LogP contribution in [-0.2, 0) is 13.2 Å². The number of nitrogens with zero attached hydrogens (tertiary/aromatic N) is 2. The van der Waals surface area contributed by atoms with Gasteiger partial charge >= 0.3 is 0 Å². The quantitative estimate of drug-likeness (QED) is 0.153. The van der Waals surface area contributed by atoms with E-state index in [1.54, 1.807) is 13.2 Å². The van der Waals surface area contributed by atoms with Crippen molar-refractivity contribution in [2.75, 3.05) is 11.5 Å². The van der Waals surface area contributed by atoms with Gasteiger partial charge in [-0.05, 0) is 86.8 Å². The highest BCUT2D eigenvalue weighted by molar-refractivity contribution is 14.1. The fraction of sp³-hybridized carbons (Fsp3) is 0.452. The van der Waals surface area contributed by atoms with Crippen LogP contribution in [0.1, 0.15) is 63.1 Å². The Labute approximate surface area is 234 Å². The molecule has 1 aliphatic rings. The van der Waals surface area contributed by atoms with Crippen LogP contribution >= 0.6 is 22.6 Å². The summed E-state index contributed by atoms with van der Waals surface area (Å²) in [6.45, 7) is 9.93. The highest BCUT2D eigenvalue weighted by atomic mass is 127. The smallest absolute Gasteiger partial charge is 0.213 e. The number of ether oxygens (including phenoxy) is 2. The van der Waals surface area contributed by atoms with Crippen LogP contribution in [0.5, 0.6) is 11.6 Å². The maximum absolute atomic E-state index is 14.9. The molecule has 4 rings (SSSR count). The SMILES string of the molecule is COc1cc(-c2ccc(OCc3cccc(C(CI)C4CC4)c3)cc2CN(C(C)C)C(C)C)c(F)cn1. The summed E-state index contributed by atoms with van der Waals surface area (Å²) in [5.74, 6) is 2.28. The molecule has 198 valence electrons. The third-order valence-electron chi connectivity index (χ3n) is 7.23. The number of hydrogen-bond donors (Lipinski definition) is 0. The van der Waals surface area contributed by atoms with Gasteiger partial charge in [0.15, 0.2) is 0 Å². The van der Waals surface area contributed by atoms with E-state index >= 15 is 0 Å². The number of halogens is 2. The molecule has 1 fully saturated rings. The minimum absolute atomic E-state index is 0.342. The lowest BCUT2D eigenvalue weighted by Gasteiger charge is -2.31. The molecule has 37 heavy (non-hydrogen) atoms. The Balaban J connectivity index is 1.62. The summed E-state index contributed by atoms with van der Waals surface area (Å²) >= 11 is 2.51. The Kier molecular flexibility index (Phi) is 9.46. The molecule has 2 aromatic carbocycles. The predicted molar refractivity (Wildman–Crippen MR) is 157 cm³/mol. The molecule has 0 bridgehead atoms. The molecule has 0 spiro atoms. The van der Waals surface area contributed by atoms with Crippen molar-refractivity contribution >= 4 is 22.6 Å². The van der Waals surface area contributed by atoms with E-state index in [2.05, 4.69) is 90.5 Å². The van der Waals surface area contributed by atoms with Crippen molar-refractivity contribution in [2.45, 2.75) is 71.7 Å². The molecule has 1 atom stereocenters. The van der Waals surface area contributed by atoms with Gasteiger partial charge in [0.05, 0.1) is 13.3 Å². The van der Waals surface area contributed by atoms with Gasteiger partial charge in [-0.2, -0.15) is 0 Å². The number of pyridine rings is 1. The third kappa shape index (κ3) is 7.02. The van der Waals surface area contributed by atoms with Crippen molar-refractivity contribution in [3.8, 4) is 22.8 Å². The van der Waals surface area contributed by atoms with E-state index < -0.39 is 0 Å². The standard InChI is InChI=1S/C31H38FIN2O2/c1-20(2)35(21(3)4)18-25-14-26(11-12-27(25)28-15-31(36-5)34-17-30(28)32)37-19-22-7-6-8-24(13-22)29(16-33)23-9-10-23/h6-8,11-15,17,20-21,23,29H,9-10,16,18-19H2,1-5H3. The first-order valence-electron chi connectivity index (χ1n) is 13.2. The van der Waals surface area contributed by atoms with Gasteiger partial charge in [0.1, 0.15) is 18.2 Å². The van der Waals surface area contributed by atoms with E-state index in [1.807, 2.05) is 12.1 Å². The lowest BCUT2D eigenvalue weighted by Crippen LogP contribution is -2.36. The zero-order valence-electron chi connectivity index (χ0n) is 22.5. The predicted octanol–water partition coefficient (Wildman–Crippen LogP) is 8.02. The van der Waals surface area contributed by atoms with Crippen LogP contribution in [0.2, 0.25) is 0 Å². The van der Waals surface area contributed by atoms with Crippen molar-refractivity contribution in [2.24, 2.45) is 5.92 Å². The molecule has 0 aliphatic heterocycles. The minimum Gasteiger partial charge on any atom is -0.489 e. The van der Waals surface area contributed by atoms with Crippen molar-refractivity contribution < 1.29 is 13.9 Å². The minimum atomic E-state index is -0.367. The van der Waals surface area contributed by atoms with Crippen LogP contribution in [0.15, 0.2) is 54.7 Å². The highest BCUT2D eigenvalue weighted by Crippen LogP contribution is 2.43. The summed E-state index contributed by atoms with van der Waals surface area (Å²) < 4.78 is 27.6. The van der Waals surface area contributed by atoms with E-state index in [-0.39, 0.29) is 5.82 Å². The van der Waals surface area contributed by atoms with Gasteiger partial charge in [0.2, 0.25) is 5.88 Å². The zero-order chi connectivity index (χ0) is 26.5. The topological polar surface area (TPSA) is 34.6 Å². The summed E-state index contributed by atoms with van der Waals surface area (Å²) in [4.78, 5) is 6.41. The molecule has 0 radical (unpaired) electrons. The number of hydrogen-bond acceptors (Lipinski definition) is 4. The maximum atomic E-state index is 14.9. The average Bonchev–Trinajstić information content (AvgIpc) is 3.72. The maximum Gasteiger partial charge on any atom is 0.213 e. The lowest BCUT2D eigenvalue weighted by molar-refractivity contribution is 0.166. The molecule has 1 heterocycles. The number of aromatic nitrogens is 1. The summed E-state index contributed by atoms with van der Waals surface area (Å²) in [6.07, 6.45) is 3.91. The second kappa shape index (κ2) is 12.6. The van der Waals surface area contributed by atoms with E-state index in [0.29, 0.717) is 42.6 Å². The van der Waals surface area contributed by atoms with Crippen LogP contribution in [0.3, 0.4) is 0 Å². The molecular formula is C31H38FIN2O2. The molecule has 1 aliphatic carbocycles. The molecule has 1 saturated carbocycles. The fourth-order valence-electron chi connectivity index (χ4n) is 5.02. The van der Waals surface area contributed by atoms with Crippen molar-refractivity contribution in [1.29, 1.82) is 0 Å². The summed E-state index contributed by atoms with van der Waals surface area (Å²) in [6, 6.07) is 17.1. The van der Waals surface area contributed by atoms with Gasteiger partial charge in [-0.25, -0.2) is 9.37 Å². The van der Waals surface area contributed by atoms with E-state index in [1.165, 1.54) is 30.2 Å². The lowest BCUT2D eigenvalue weighted by atomic mass is 9.95. The molecule has 6 heteroatoms. The van der Waals surface area contributed by atoms with Crippen LogP contribution in [0.25, 0.3) is 11.1 Å². The largest absolute Gasteiger partial charge is 0.489 e. The molecule has 4 nitrogen and oxygen atoms in total. The molecular weight excluding hydrogens is 578 g/mol. The molecule has 3 aromatic rings. The Morgan fingerprint density at radius 2 is 1.78 bits per heavy atom. The second-order valence-corrected chi connectivity index (χ2v) is 11.4. The third-order valence-corrected chi connectivity index (χ3v) is 8.18. The van der Waals surface area contributed by atoms with E-state index in [0.717, 1.165) is 27.2 Å². The Bertz CT molecular complexity index is 1190. The number of methoxy groups -OCH3 is 1. The normalized spacial score (nSPS) is 14.4. The number of rotatable bonds is 12. The van der Waals surface area contributed by atoms with Crippen LogP contribution in [-0.4, -0.2) is 33.5 Å². The van der Waals surface area contributed by atoms with Crippen molar-refractivity contribution in [1.82, 2.24) is 9.88 Å². The monoisotopic (exact) mass is 616 g/mol.